The van der Waals surface area contributed by atoms with E-state index in [4.69, 9.17) is 16.8 Å². The van der Waals surface area contributed by atoms with Gasteiger partial charge >= 0.3 is 0 Å². The zero-order chi connectivity index (χ0) is 24.4. The molecule has 1 aliphatic heterocycles. The molecule has 0 fully saturated rings. The Balaban J connectivity index is 1.56. The minimum Gasteiger partial charge on any atom is -0.334 e. The summed E-state index contributed by atoms with van der Waals surface area (Å²) in [6.07, 6.45) is 4.30. The lowest BCUT2D eigenvalue weighted by Crippen LogP contribution is -2.36. The summed E-state index contributed by atoms with van der Waals surface area (Å²) in [5.74, 6) is -0.712. The number of pyridine rings is 1. The topological polar surface area (TPSA) is 82.5 Å². The summed E-state index contributed by atoms with van der Waals surface area (Å²) in [6.45, 7) is 0.905. The predicted molar refractivity (Wildman–Crippen MR) is 136 cm³/mol. The third kappa shape index (κ3) is 4.67. The van der Waals surface area contributed by atoms with Gasteiger partial charge in [0.25, 0.3) is 11.8 Å². The lowest BCUT2D eigenvalue weighted by atomic mass is 9.95. The van der Waals surface area contributed by atoms with Crippen molar-refractivity contribution in [3.05, 3.63) is 112 Å². The van der Waals surface area contributed by atoms with Crippen molar-refractivity contribution in [2.45, 2.75) is 13.0 Å². The van der Waals surface area contributed by atoms with Crippen LogP contribution in [0.4, 0.5) is 0 Å². The molecule has 0 saturated carbocycles. The Kier molecular flexibility index (Phi) is 6.31. The van der Waals surface area contributed by atoms with E-state index >= 15 is 0 Å². The van der Waals surface area contributed by atoms with Crippen molar-refractivity contribution < 1.29 is 14.8 Å². The van der Waals surface area contributed by atoms with E-state index in [0.717, 1.165) is 33.2 Å². The largest absolute Gasteiger partial charge is 0.334 e. The molecule has 5 rings (SSSR count). The number of rotatable bonds is 4. The average Bonchev–Trinajstić information content (AvgIpc) is 2.90. The van der Waals surface area contributed by atoms with E-state index in [-0.39, 0.29) is 5.91 Å². The van der Waals surface area contributed by atoms with E-state index < -0.39 is 5.91 Å². The van der Waals surface area contributed by atoms with Crippen LogP contribution in [0, 0.1) is 0 Å². The Morgan fingerprint density at radius 3 is 2.66 bits per heavy atom. The maximum atomic E-state index is 13.9. The Morgan fingerprint density at radius 2 is 1.83 bits per heavy atom. The van der Waals surface area contributed by atoms with Crippen LogP contribution in [0.2, 0.25) is 5.02 Å². The summed E-state index contributed by atoms with van der Waals surface area (Å²) >= 11 is 6.28. The van der Waals surface area contributed by atoms with E-state index in [0.29, 0.717) is 35.7 Å². The first kappa shape index (κ1) is 22.8. The number of nitrogens with zero attached hydrogens (tertiary/aromatic N) is 2. The van der Waals surface area contributed by atoms with Gasteiger partial charge in [0.1, 0.15) is 0 Å². The van der Waals surface area contributed by atoms with Crippen LogP contribution in [-0.4, -0.2) is 33.5 Å². The second-order valence-electron chi connectivity index (χ2n) is 8.39. The summed E-state index contributed by atoms with van der Waals surface area (Å²) in [5, 5.41) is 10.5. The number of hydroxylamine groups is 1. The van der Waals surface area contributed by atoms with E-state index in [1.165, 1.54) is 0 Å². The van der Waals surface area contributed by atoms with Gasteiger partial charge in [-0.15, -0.1) is 0 Å². The van der Waals surface area contributed by atoms with Gasteiger partial charge < -0.3 is 4.90 Å². The first-order valence-corrected chi connectivity index (χ1v) is 11.6. The van der Waals surface area contributed by atoms with Gasteiger partial charge in [0, 0.05) is 40.8 Å². The van der Waals surface area contributed by atoms with Crippen LogP contribution in [0.3, 0.4) is 0 Å². The highest BCUT2D eigenvalue weighted by molar-refractivity contribution is 6.31. The summed E-state index contributed by atoms with van der Waals surface area (Å²) in [5.41, 5.74) is 6.95. The molecule has 0 unspecified atom stereocenters. The predicted octanol–water partition coefficient (Wildman–Crippen LogP) is 5.13. The van der Waals surface area contributed by atoms with Gasteiger partial charge in [-0.2, -0.15) is 0 Å². The van der Waals surface area contributed by atoms with Crippen molar-refractivity contribution in [1.82, 2.24) is 15.4 Å². The molecular formula is C28H22ClN3O3. The van der Waals surface area contributed by atoms with Gasteiger partial charge in [0.2, 0.25) is 0 Å². The number of para-hydroxylation sites is 1. The van der Waals surface area contributed by atoms with Gasteiger partial charge in [-0.25, -0.2) is 5.48 Å². The number of carbonyl (C=O) groups excluding carboxylic acids is 2. The fourth-order valence-electron chi connectivity index (χ4n) is 4.43. The molecule has 1 aromatic heterocycles. The molecule has 174 valence electrons. The number of benzene rings is 3. The van der Waals surface area contributed by atoms with E-state index in [2.05, 4.69) is 4.98 Å². The summed E-state index contributed by atoms with van der Waals surface area (Å²) in [7, 11) is 0. The first-order valence-electron chi connectivity index (χ1n) is 11.2. The third-order valence-electron chi connectivity index (χ3n) is 6.22. The highest BCUT2D eigenvalue weighted by Crippen LogP contribution is 2.29. The molecule has 0 atom stereocenters. The van der Waals surface area contributed by atoms with Gasteiger partial charge in [0.15, 0.2) is 0 Å². The molecule has 4 aromatic rings. The number of aromatic nitrogens is 1. The molecule has 2 N–H and O–H groups in total. The van der Waals surface area contributed by atoms with E-state index in [1.54, 1.807) is 40.8 Å². The molecule has 2 heterocycles. The van der Waals surface area contributed by atoms with Crippen molar-refractivity contribution in [2.24, 2.45) is 0 Å². The molecule has 2 amide bonds. The minimum atomic E-state index is -0.583. The number of amides is 2. The zero-order valence-corrected chi connectivity index (χ0v) is 19.5. The fraction of sp³-hybridized carbons (Fsp3) is 0.107. The van der Waals surface area contributed by atoms with Gasteiger partial charge in [0.05, 0.1) is 5.52 Å². The van der Waals surface area contributed by atoms with Gasteiger partial charge in [-0.05, 0) is 71.1 Å². The lowest BCUT2D eigenvalue weighted by Gasteiger charge is -2.30. The Bertz CT molecular complexity index is 1480. The third-order valence-corrected chi connectivity index (χ3v) is 6.45. The van der Waals surface area contributed by atoms with Crippen molar-refractivity contribution in [2.75, 3.05) is 6.54 Å². The highest BCUT2D eigenvalue weighted by Gasteiger charge is 2.25. The van der Waals surface area contributed by atoms with Crippen LogP contribution in [0.25, 0.3) is 22.6 Å². The Labute approximate surface area is 207 Å². The SMILES string of the molecule is O=C(NO)c1ccc2c(c1)CN(C(=O)C(=Cc1ccnc3ccccc13)c1cccc(Cl)c1)CC2. The maximum Gasteiger partial charge on any atom is 0.274 e. The number of fused-ring (bicyclic) bond motifs is 2. The fourth-order valence-corrected chi connectivity index (χ4v) is 4.62. The molecule has 0 aliphatic carbocycles. The second-order valence-corrected chi connectivity index (χ2v) is 8.82. The van der Waals surface area contributed by atoms with Crippen molar-refractivity contribution >= 4 is 46.0 Å². The van der Waals surface area contributed by atoms with E-state index in [1.807, 2.05) is 54.6 Å². The standard InChI is InChI=1S/C28H22ClN3O3/c29-23-5-3-4-19(15-23)25(16-20-10-12-30-26-7-2-1-6-24(20)26)28(34)32-13-11-18-8-9-21(27(33)31-35)14-22(18)17-32/h1-10,12,14-16,35H,11,13,17H2,(H,31,33). The smallest absolute Gasteiger partial charge is 0.274 e. The number of hydrogen-bond donors (Lipinski definition) is 2. The van der Waals surface area contributed by atoms with Crippen LogP contribution in [-0.2, 0) is 17.8 Å². The average molecular weight is 484 g/mol. The monoisotopic (exact) mass is 483 g/mol. The van der Waals surface area contributed by atoms with Crippen molar-refractivity contribution in [1.29, 1.82) is 0 Å². The summed E-state index contributed by atoms with van der Waals surface area (Å²) in [6, 6.07) is 22.2. The number of halogens is 1. The molecule has 7 heteroatoms. The normalized spacial score (nSPS) is 13.4. The second kappa shape index (κ2) is 9.70. The summed E-state index contributed by atoms with van der Waals surface area (Å²) < 4.78 is 0. The maximum absolute atomic E-state index is 13.9. The lowest BCUT2D eigenvalue weighted by molar-refractivity contribution is -0.125. The zero-order valence-electron chi connectivity index (χ0n) is 18.7. The Hall–Kier alpha value is -4.00. The van der Waals surface area contributed by atoms with Gasteiger partial charge in [-0.1, -0.05) is 48.0 Å². The molecule has 35 heavy (non-hydrogen) atoms. The van der Waals surface area contributed by atoms with Crippen molar-refractivity contribution in [3.63, 3.8) is 0 Å². The van der Waals surface area contributed by atoms with Crippen LogP contribution < -0.4 is 5.48 Å². The van der Waals surface area contributed by atoms with Crippen molar-refractivity contribution in [3.8, 4) is 0 Å². The molecule has 0 spiro atoms. The first-order chi connectivity index (χ1) is 17.0. The van der Waals surface area contributed by atoms with E-state index in [9.17, 15) is 9.59 Å². The minimum absolute atomic E-state index is 0.129. The van der Waals surface area contributed by atoms with Crippen LogP contribution in [0.15, 0.2) is 79.0 Å². The number of carbonyl (C=O) groups is 2. The van der Waals surface area contributed by atoms with Crippen LogP contribution in [0.5, 0.6) is 0 Å². The molecule has 0 radical (unpaired) electrons. The molecule has 0 bridgehead atoms. The van der Waals surface area contributed by atoms with Gasteiger partial charge in [-0.3, -0.25) is 19.8 Å². The highest BCUT2D eigenvalue weighted by atomic mass is 35.5. The van der Waals surface area contributed by atoms with Crippen LogP contribution in [0.1, 0.15) is 32.6 Å². The molecule has 3 aromatic carbocycles. The molecular weight excluding hydrogens is 462 g/mol. The summed E-state index contributed by atoms with van der Waals surface area (Å²) in [4.78, 5) is 32.0. The molecule has 0 saturated heterocycles. The molecule has 6 nitrogen and oxygen atoms in total. The Morgan fingerprint density at radius 1 is 0.971 bits per heavy atom. The number of nitrogens with one attached hydrogen (secondary N) is 1. The quantitative estimate of drug-likeness (QED) is 0.239. The van der Waals surface area contributed by atoms with Crippen LogP contribution >= 0.6 is 11.6 Å². The number of hydrogen-bond acceptors (Lipinski definition) is 4. The molecule has 1 aliphatic rings.